The number of anilines is 1. The highest BCUT2D eigenvalue weighted by molar-refractivity contribution is 5.98. The number of hydrogen-bond acceptors (Lipinski definition) is 6. The van der Waals surface area contributed by atoms with Crippen molar-refractivity contribution >= 4 is 23.3 Å². The van der Waals surface area contributed by atoms with Gasteiger partial charge in [-0.15, -0.1) is 0 Å². The van der Waals surface area contributed by atoms with Gasteiger partial charge in [0.1, 0.15) is 29.5 Å². The van der Waals surface area contributed by atoms with Crippen molar-refractivity contribution in [3.8, 4) is 0 Å². The smallest absolute Gasteiger partial charge is 0.280 e. The summed E-state index contributed by atoms with van der Waals surface area (Å²) in [5.74, 6) is -0.877. The molecule has 0 atom stereocenters. The van der Waals surface area contributed by atoms with E-state index in [4.69, 9.17) is 0 Å². The average Bonchev–Trinajstić information content (AvgIpc) is 3.33. The van der Waals surface area contributed by atoms with E-state index in [1.165, 1.54) is 16.6 Å². The molecule has 3 aromatic rings. The first kappa shape index (κ1) is 21.3. The van der Waals surface area contributed by atoms with Crippen molar-refractivity contribution < 1.29 is 14.0 Å². The minimum atomic E-state index is -0.513. The topological polar surface area (TPSA) is 105 Å². The van der Waals surface area contributed by atoms with Gasteiger partial charge < -0.3 is 19.7 Å². The van der Waals surface area contributed by atoms with Crippen LogP contribution in [0.1, 0.15) is 41.5 Å². The largest absolute Gasteiger partial charge is 0.330 e. The summed E-state index contributed by atoms with van der Waals surface area (Å²) in [5, 5.41) is 7.16. The molecule has 1 saturated heterocycles. The van der Waals surface area contributed by atoms with Crippen LogP contribution >= 0.6 is 0 Å². The molecule has 2 aliphatic heterocycles. The van der Waals surface area contributed by atoms with Crippen LogP contribution in [0.15, 0.2) is 29.2 Å². The minimum Gasteiger partial charge on any atom is -0.330 e. The second-order valence-corrected chi connectivity index (χ2v) is 8.91. The number of carbonyl (C=O) groups excluding carboxylic acids is 2. The number of likely N-dealkylation sites (N-methyl/N-ethyl adjacent to an activating group) is 1. The van der Waals surface area contributed by atoms with Crippen LogP contribution in [0.3, 0.4) is 0 Å². The Balaban J connectivity index is 1.58. The van der Waals surface area contributed by atoms with Gasteiger partial charge in [0.05, 0.1) is 24.0 Å². The third-order valence-electron chi connectivity index (χ3n) is 6.19. The maximum atomic E-state index is 13.3. The van der Waals surface area contributed by atoms with Crippen LogP contribution in [-0.2, 0) is 17.9 Å². The van der Waals surface area contributed by atoms with Crippen molar-refractivity contribution in [2.45, 2.75) is 38.9 Å². The molecule has 5 rings (SSSR count). The molecule has 1 N–H and O–H groups in total. The average molecular weight is 453 g/mol. The maximum Gasteiger partial charge on any atom is 0.280 e. The fourth-order valence-corrected chi connectivity index (χ4v) is 4.44. The number of aromatic nitrogens is 4. The Kier molecular flexibility index (Phi) is 5.00. The molecule has 0 aromatic carbocycles. The number of nitrogens with one attached hydrogen (secondary N) is 1. The zero-order valence-corrected chi connectivity index (χ0v) is 18.6. The van der Waals surface area contributed by atoms with Crippen molar-refractivity contribution in [2.75, 3.05) is 25.5 Å². The molecule has 2 amide bonds. The molecule has 0 aliphatic carbocycles. The maximum absolute atomic E-state index is 13.3. The van der Waals surface area contributed by atoms with Gasteiger partial charge >= 0.3 is 0 Å². The van der Waals surface area contributed by atoms with Crippen molar-refractivity contribution in [3.05, 3.63) is 57.5 Å². The first-order valence-corrected chi connectivity index (χ1v) is 10.8. The summed E-state index contributed by atoms with van der Waals surface area (Å²) >= 11 is 0. The molecule has 0 saturated carbocycles. The van der Waals surface area contributed by atoms with Crippen LogP contribution in [0, 0.1) is 5.82 Å². The molecule has 0 radical (unpaired) electrons. The highest BCUT2D eigenvalue weighted by Crippen LogP contribution is 2.28. The van der Waals surface area contributed by atoms with E-state index in [-0.39, 0.29) is 48.0 Å². The third-order valence-corrected chi connectivity index (χ3v) is 6.19. The van der Waals surface area contributed by atoms with Gasteiger partial charge in [0, 0.05) is 31.1 Å². The van der Waals surface area contributed by atoms with Crippen LogP contribution in [0.5, 0.6) is 0 Å². The lowest BCUT2D eigenvalue weighted by Gasteiger charge is -2.34. The predicted octanol–water partition coefficient (Wildman–Crippen LogP) is 1.06. The molecule has 1 fully saturated rings. The highest BCUT2D eigenvalue weighted by atomic mass is 19.1. The van der Waals surface area contributed by atoms with E-state index in [9.17, 15) is 18.8 Å². The van der Waals surface area contributed by atoms with E-state index < -0.39 is 11.7 Å². The number of likely N-dealkylation sites (tertiary alicyclic amines) is 1. The second-order valence-electron chi connectivity index (χ2n) is 8.91. The molecule has 5 heterocycles. The van der Waals surface area contributed by atoms with Gasteiger partial charge in [0.15, 0.2) is 0 Å². The van der Waals surface area contributed by atoms with Crippen LogP contribution in [0.2, 0.25) is 0 Å². The van der Waals surface area contributed by atoms with Crippen LogP contribution in [0.25, 0.3) is 5.65 Å². The molecular formula is C22H24FN7O3. The normalized spacial score (nSPS) is 16.5. The Hall–Kier alpha value is -3.60. The monoisotopic (exact) mass is 453 g/mol. The minimum absolute atomic E-state index is 0.108. The Bertz CT molecular complexity index is 1320. The van der Waals surface area contributed by atoms with Crippen molar-refractivity contribution in [1.29, 1.82) is 0 Å². The Morgan fingerprint density at radius 1 is 1.27 bits per heavy atom. The molecular weight excluding hydrogens is 429 g/mol. The lowest BCUT2D eigenvalue weighted by Crippen LogP contribution is -2.42. The van der Waals surface area contributed by atoms with E-state index >= 15 is 0 Å². The Morgan fingerprint density at radius 2 is 2.03 bits per heavy atom. The molecule has 10 nitrogen and oxygen atoms in total. The Morgan fingerprint density at radius 3 is 2.67 bits per heavy atom. The van der Waals surface area contributed by atoms with Gasteiger partial charge in [0.25, 0.3) is 11.5 Å². The van der Waals surface area contributed by atoms with Crippen LogP contribution in [-0.4, -0.2) is 67.0 Å². The molecule has 3 aromatic heterocycles. The molecule has 2 aliphatic rings. The number of hydrogen-bond donors (Lipinski definition) is 1. The van der Waals surface area contributed by atoms with Gasteiger partial charge in [-0.1, -0.05) is 0 Å². The number of amides is 2. The zero-order chi connectivity index (χ0) is 23.4. The van der Waals surface area contributed by atoms with Gasteiger partial charge in [-0.3, -0.25) is 14.4 Å². The number of pyridine rings is 1. The first-order chi connectivity index (χ1) is 15.7. The van der Waals surface area contributed by atoms with Gasteiger partial charge in [-0.05, 0) is 33.0 Å². The first-order valence-electron chi connectivity index (χ1n) is 10.8. The second kappa shape index (κ2) is 7.77. The molecule has 0 unspecified atom stereocenters. The molecule has 0 bridgehead atoms. The standard InChI is InChI=1S/C22H24FN7O3/c1-12(2)28-10-15-20(22(28)33)29(11-18(31)25-17-5-4-14(23)7-24-17)19-6-16(13-8-27(3)9-13)26-30(19)21(15)32/h4-7,12-13H,8-11H2,1-3H3,(H,24,25,31). The van der Waals surface area contributed by atoms with Crippen molar-refractivity contribution in [1.82, 2.24) is 29.0 Å². The van der Waals surface area contributed by atoms with Crippen molar-refractivity contribution in [2.24, 2.45) is 0 Å². The van der Waals surface area contributed by atoms with Gasteiger partial charge in [-0.2, -0.15) is 9.61 Å². The quantitative estimate of drug-likeness (QED) is 0.620. The highest BCUT2D eigenvalue weighted by Gasteiger charge is 2.37. The number of halogens is 1. The fraction of sp³-hybridized carbons (Fsp3) is 0.409. The van der Waals surface area contributed by atoms with E-state index in [0.717, 1.165) is 25.0 Å². The van der Waals surface area contributed by atoms with Crippen LogP contribution in [0.4, 0.5) is 10.2 Å². The summed E-state index contributed by atoms with van der Waals surface area (Å²) in [6.07, 6.45) is 1.01. The van der Waals surface area contributed by atoms with Crippen molar-refractivity contribution in [3.63, 3.8) is 0 Å². The summed E-state index contributed by atoms with van der Waals surface area (Å²) < 4.78 is 16.0. The fourth-order valence-electron chi connectivity index (χ4n) is 4.44. The lowest BCUT2D eigenvalue weighted by atomic mass is 9.97. The molecule has 33 heavy (non-hydrogen) atoms. The Labute approximate surface area is 188 Å². The van der Waals surface area contributed by atoms with Gasteiger partial charge in [0.2, 0.25) is 5.91 Å². The number of carbonyl (C=O) groups is 2. The number of fused-ring (bicyclic) bond motifs is 2. The molecule has 172 valence electrons. The molecule has 11 heteroatoms. The number of rotatable bonds is 5. The number of nitrogens with zero attached hydrogens (tertiary/aromatic N) is 6. The SMILES string of the molecule is CC(C)N1Cc2c(n(CC(=O)Nc3ccc(F)cn3)c3cc(C4CN(C)C4)nn3c2=O)C1=O. The van der Waals surface area contributed by atoms with E-state index in [2.05, 4.69) is 20.3 Å². The zero-order valence-electron chi connectivity index (χ0n) is 18.6. The van der Waals surface area contributed by atoms with E-state index in [0.29, 0.717) is 11.2 Å². The summed E-state index contributed by atoms with van der Waals surface area (Å²) in [5.41, 5.74) is 1.35. The summed E-state index contributed by atoms with van der Waals surface area (Å²) in [4.78, 5) is 46.9. The van der Waals surface area contributed by atoms with E-state index in [1.807, 2.05) is 20.9 Å². The predicted molar refractivity (Wildman–Crippen MR) is 118 cm³/mol. The summed E-state index contributed by atoms with van der Waals surface area (Å²) in [6.45, 7) is 5.36. The van der Waals surface area contributed by atoms with E-state index in [1.54, 1.807) is 15.5 Å². The van der Waals surface area contributed by atoms with Crippen LogP contribution < -0.4 is 10.9 Å². The third kappa shape index (κ3) is 3.58. The lowest BCUT2D eigenvalue weighted by molar-refractivity contribution is -0.116. The van der Waals surface area contributed by atoms with Gasteiger partial charge in [-0.25, -0.2) is 9.37 Å². The molecule has 0 spiro atoms. The summed E-state index contributed by atoms with van der Waals surface area (Å²) in [6, 6.07) is 4.23. The summed E-state index contributed by atoms with van der Waals surface area (Å²) in [7, 11) is 2.01.